The van der Waals surface area contributed by atoms with E-state index in [0.29, 0.717) is 11.4 Å². The van der Waals surface area contributed by atoms with Crippen molar-refractivity contribution >= 4 is 17.3 Å². The Morgan fingerprint density at radius 3 is 2.54 bits per heavy atom. The number of methoxy groups -OCH3 is 1. The second kappa shape index (κ2) is 9.60. The molecule has 1 aliphatic rings. The second-order valence-electron chi connectivity index (χ2n) is 7.46. The lowest BCUT2D eigenvalue weighted by Crippen LogP contribution is -2.39. The van der Waals surface area contributed by atoms with Gasteiger partial charge in [0.2, 0.25) is 5.91 Å². The monoisotopic (exact) mass is 381 g/mol. The number of rotatable bonds is 7. The van der Waals surface area contributed by atoms with Crippen molar-refractivity contribution in [2.75, 3.05) is 37.5 Å². The van der Waals surface area contributed by atoms with Crippen LogP contribution < -0.4 is 15.0 Å². The number of benzene rings is 2. The maximum Gasteiger partial charge on any atom is 0.241 e. The fourth-order valence-electron chi connectivity index (χ4n) is 3.68. The molecule has 1 atom stereocenters. The number of nitrogens with one attached hydrogen (secondary N) is 1. The van der Waals surface area contributed by atoms with E-state index >= 15 is 0 Å². The highest BCUT2D eigenvalue weighted by Crippen LogP contribution is 2.26. The first kappa shape index (κ1) is 20.2. The number of amides is 1. The van der Waals surface area contributed by atoms with Crippen LogP contribution in [0.3, 0.4) is 0 Å². The number of para-hydroxylation sites is 3. The van der Waals surface area contributed by atoms with Crippen molar-refractivity contribution in [1.82, 2.24) is 4.90 Å². The molecule has 150 valence electrons. The summed E-state index contributed by atoms with van der Waals surface area (Å²) in [6, 6.07) is 15.8. The first-order valence-electron chi connectivity index (χ1n) is 10.1. The van der Waals surface area contributed by atoms with E-state index < -0.39 is 0 Å². The third-order valence-corrected chi connectivity index (χ3v) is 5.51. The van der Waals surface area contributed by atoms with Crippen LogP contribution in [0.4, 0.5) is 11.4 Å². The highest BCUT2D eigenvalue weighted by molar-refractivity contribution is 5.95. The normalized spacial score (nSPS) is 15.4. The van der Waals surface area contributed by atoms with Gasteiger partial charge in [-0.25, -0.2) is 0 Å². The van der Waals surface area contributed by atoms with E-state index in [2.05, 4.69) is 39.4 Å². The van der Waals surface area contributed by atoms with Gasteiger partial charge in [-0.15, -0.1) is 0 Å². The molecule has 1 N–H and O–H groups in total. The Morgan fingerprint density at radius 2 is 1.79 bits per heavy atom. The zero-order valence-electron chi connectivity index (χ0n) is 17.1. The minimum Gasteiger partial charge on any atom is -0.495 e. The molecule has 0 unspecified atom stereocenters. The molecule has 1 saturated heterocycles. The molecule has 5 heteroatoms. The predicted octanol–water partition coefficient (Wildman–Crippen LogP) is 4.14. The minimum atomic E-state index is -0.265. The largest absolute Gasteiger partial charge is 0.495 e. The van der Waals surface area contributed by atoms with Gasteiger partial charge in [0.25, 0.3) is 0 Å². The highest BCUT2D eigenvalue weighted by Gasteiger charge is 2.21. The van der Waals surface area contributed by atoms with Crippen molar-refractivity contribution in [1.29, 1.82) is 0 Å². The molecule has 1 fully saturated rings. The molecular formula is C23H31N3O2. The zero-order chi connectivity index (χ0) is 19.9. The molecule has 0 spiro atoms. The van der Waals surface area contributed by atoms with Crippen molar-refractivity contribution in [2.45, 2.75) is 38.8 Å². The average Bonchev–Trinajstić information content (AvgIpc) is 2.74. The third-order valence-electron chi connectivity index (χ3n) is 5.51. The summed E-state index contributed by atoms with van der Waals surface area (Å²) in [5.41, 5.74) is 3.26. The third kappa shape index (κ3) is 4.84. The number of ether oxygens (including phenoxy) is 1. The number of hydrogen-bond acceptors (Lipinski definition) is 4. The van der Waals surface area contributed by atoms with Gasteiger partial charge >= 0.3 is 0 Å². The predicted molar refractivity (Wildman–Crippen MR) is 115 cm³/mol. The summed E-state index contributed by atoms with van der Waals surface area (Å²) in [7, 11) is 3.61. The fraction of sp³-hybridized carbons (Fsp3) is 0.435. The van der Waals surface area contributed by atoms with E-state index in [0.717, 1.165) is 19.6 Å². The molecule has 0 bridgehead atoms. The summed E-state index contributed by atoms with van der Waals surface area (Å²) < 4.78 is 5.33. The summed E-state index contributed by atoms with van der Waals surface area (Å²) >= 11 is 0. The van der Waals surface area contributed by atoms with Crippen molar-refractivity contribution in [3.05, 3.63) is 54.1 Å². The van der Waals surface area contributed by atoms with Crippen molar-refractivity contribution < 1.29 is 9.53 Å². The van der Waals surface area contributed by atoms with Gasteiger partial charge in [0.05, 0.1) is 18.8 Å². The molecule has 0 radical (unpaired) electrons. The molecule has 1 aliphatic heterocycles. The smallest absolute Gasteiger partial charge is 0.241 e. The van der Waals surface area contributed by atoms with Crippen molar-refractivity contribution in [3.8, 4) is 5.75 Å². The van der Waals surface area contributed by atoms with Gasteiger partial charge in [0.1, 0.15) is 5.75 Å². The van der Waals surface area contributed by atoms with Gasteiger partial charge in [-0.3, -0.25) is 9.69 Å². The Balaban J connectivity index is 1.67. The van der Waals surface area contributed by atoms with Crippen LogP contribution in [-0.4, -0.2) is 44.1 Å². The van der Waals surface area contributed by atoms with Gasteiger partial charge in [-0.05, 0) is 57.0 Å². The Hall–Kier alpha value is -2.53. The highest BCUT2D eigenvalue weighted by atomic mass is 16.5. The second-order valence-corrected chi connectivity index (χ2v) is 7.46. The number of piperidine rings is 1. The maximum atomic E-state index is 12.8. The van der Waals surface area contributed by atoms with E-state index in [1.807, 2.05) is 38.2 Å². The number of anilines is 2. The fourth-order valence-corrected chi connectivity index (χ4v) is 3.68. The van der Waals surface area contributed by atoms with E-state index in [1.165, 1.54) is 30.5 Å². The van der Waals surface area contributed by atoms with E-state index in [4.69, 9.17) is 4.74 Å². The summed E-state index contributed by atoms with van der Waals surface area (Å²) in [6.07, 6.45) is 3.82. The first-order valence-corrected chi connectivity index (χ1v) is 10.1. The lowest BCUT2D eigenvalue weighted by molar-refractivity contribution is -0.120. The molecule has 2 aromatic carbocycles. The van der Waals surface area contributed by atoms with Gasteiger partial charge in [-0.1, -0.05) is 30.3 Å². The number of nitrogens with zero attached hydrogens (tertiary/aromatic N) is 2. The lowest BCUT2D eigenvalue weighted by Gasteiger charge is -2.32. The van der Waals surface area contributed by atoms with Gasteiger partial charge in [0, 0.05) is 25.3 Å². The standard InChI is InChI=1S/C23H31N3O2/c1-18(23(27)24-20-12-6-8-14-22(20)28-3)25(2)17-19-11-5-7-13-21(19)26-15-9-4-10-16-26/h5-8,11-14,18H,4,9-10,15-17H2,1-3H3,(H,24,27)/t18-/m1/s1. The average molecular weight is 382 g/mol. The van der Waals surface area contributed by atoms with Gasteiger partial charge in [-0.2, -0.15) is 0 Å². The van der Waals surface area contributed by atoms with E-state index in [-0.39, 0.29) is 11.9 Å². The zero-order valence-corrected chi connectivity index (χ0v) is 17.1. The number of hydrogen-bond donors (Lipinski definition) is 1. The van der Waals surface area contributed by atoms with Gasteiger partial charge < -0.3 is 15.0 Å². The summed E-state index contributed by atoms with van der Waals surface area (Å²) in [5, 5.41) is 2.99. The lowest BCUT2D eigenvalue weighted by atomic mass is 10.1. The molecule has 0 aliphatic carbocycles. The Bertz CT molecular complexity index is 787. The van der Waals surface area contributed by atoms with Crippen LogP contribution in [-0.2, 0) is 11.3 Å². The van der Waals surface area contributed by atoms with E-state index in [1.54, 1.807) is 7.11 Å². The van der Waals surface area contributed by atoms with E-state index in [9.17, 15) is 4.79 Å². The quantitative estimate of drug-likeness (QED) is 0.783. The van der Waals surface area contributed by atoms with Crippen LogP contribution in [0, 0.1) is 0 Å². The maximum absolute atomic E-state index is 12.8. The first-order chi connectivity index (χ1) is 13.6. The van der Waals surface area contributed by atoms with Crippen LogP contribution in [0.2, 0.25) is 0 Å². The summed E-state index contributed by atoms with van der Waals surface area (Å²) in [4.78, 5) is 17.3. The van der Waals surface area contributed by atoms with Crippen molar-refractivity contribution in [3.63, 3.8) is 0 Å². The van der Waals surface area contributed by atoms with Crippen LogP contribution in [0.15, 0.2) is 48.5 Å². The van der Waals surface area contributed by atoms with Crippen LogP contribution in [0.25, 0.3) is 0 Å². The molecule has 0 aromatic heterocycles. The van der Waals surface area contributed by atoms with Crippen LogP contribution >= 0.6 is 0 Å². The molecule has 28 heavy (non-hydrogen) atoms. The molecule has 2 aromatic rings. The minimum absolute atomic E-state index is 0.0394. The van der Waals surface area contributed by atoms with Crippen LogP contribution in [0.1, 0.15) is 31.7 Å². The topological polar surface area (TPSA) is 44.8 Å². The van der Waals surface area contributed by atoms with Crippen LogP contribution in [0.5, 0.6) is 5.75 Å². The molecule has 1 heterocycles. The molecular weight excluding hydrogens is 350 g/mol. The molecule has 5 nitrogen and oxygen atoms in total. The number of carbonyl (C=O) groups is 1. The molecule has 1 amide bonds. The Kier molecular flexibility index (Phi) is 6.93. The Morgan fingerprint density at radius 1 is 1.11 bits per heavy atom. The Labute approximate surface area is 168 Å². The molecule has 0 saturated carbocycles. The SMILES string of the molecule is COc1ccccc1NC(=O)[C@@H](C)N(C)Cc1ccccc1N1CCCCC1. The number of likely N-dealkylation sites (N-methyl/N-ethyl adjacent to an activating group) is 1. The van der Waals surface area contributed by atoms with Crippen molar-refractivity contribution in [2.24, 2.45) is 0 Å². The van der Waals surface area contributed by atoms with Gasteiger partial charge in [0.15, 0.2) is 0 Å². The number of carbonyl (C=O) groups excluding carboxylic acids is 1. The summed E-state index contributed by atoms with van der Waals surface area (Å²) in [5.74, 6) is 0.628. The summed E-state index contributed by atoms with van der Waals surface area (Å²) in [6.45, 7) is 4.90. The molecule has 3 rings (SSSR count).